The number of halogens is 2. The molecule has 0 spiro atoms. The van der Waals surface area contributed by atoms with Crippen LogP contribution in [-0.2, 0) is 16.4 Å². The zero-order chi connectivity index (χ0) is 23.9. The van der Waals surface area contributed by atoms with Crippen LogP contribution in [0.1, 0.15) is 5.69 Å². The Morgan fingerprint density at radius 1 is 1.06 bits per heavy atom. The molecule has 0 saturated carbocycles. The van der Waals surface area contributed by atoms with Gasteiger partial charge in [-0.3, -0.25) is 5.10 Å². The Morgan fingerprint density at radius 2 is 1.91 bits per heavy atom. The highest BCUT2D eigenvalue weighted by Crippen LogP contribution is 2.35. The van der Waals surface area contributed by atoms with Crippen molar-refractivity contribution in [1.82, 2.24) is 20.2 Å². The van der Waals surface area contributed by atoms with E-state index < -0.39 is 21.5 Å². The van der Waals surface area contributed by atoms with E-state index in [1.54, 1.807) is 18.3 Å². The maximum absolute atomic E-state index is 13.9. The molecule has 3 aromatic heterocycles. The lowest BCUT2D eigenvalue weighted by atomic mass is 10.0. The number of thiophene rings is 1. The topological polar surface area (TPSA) is 97.8 Å². The number of fused-ring (bicyclic) bond motifs is 1. The van der Waals surface area contributed by atoms with E-state index in [4.69, 9.17) is 4.74 Å². The molecule has 172 valence electrons. The first-order valence-corrected chi connectivity index (χ1v) is 12.7. The normalized spacial score (nSPS) is 11.7. The summed E-state index contributed by atoms with van der Waals surface area (Å²) in [6.07, 6.45) is 4.29. The number of sulfone groups is 1. The van der Waals surface area contributed by atoms with Crippen LogP contribution in [0.3, 0.4) is 0 Å². The first-order valence-electron chi connectivity index (χ1n) is 9.95. The lowest BCUT2D eigenvalue weighted by Crippen LogP contribution is -2.00. The number of hydrogen-bond acceptors (Lipinski definition) is 7. The number of ether oxygens (including phenoxy) is 1. The number of nitrogens with one attached hydrogen (secondary N) is 1. The SMILES string of the molecule is CS(=O)(=O)c1ccc(-c2ncnc3ccc(-c4c[nH]nc4COc4ccc(F)cc4F)cc23)s1. The predicted molar refractivity (Wildman–Crippen MR) is 124 cm³/mol. The standard InChI is InChI=1S/C23H16F2N4O3S2/c1-34(30,31)22-7-6-21(33-22)23-15-8-13(2-4-18(15)26-12-27-23)16-10-28-29-19(16)11-32-20-5-3-14(24)9-17(20)25/h2-10,12H,11H2,1H3,(H,28,29). The van der Waals surface area contributed by atoms with Crippen LogP contribution in [0, 0.1) is 11.6 Å². The monoisotopic (exact) mass is 498 g/mol. The molecule has 5 aromatic rings. The molecule has 0 aliphatic rings. The Balaban J connectivity index is 1.50. The number of nitrogens with zero attached hydrogens (tertiary/aromatic N) is 3. The van der Waals surface area contributed by atoms with Crippen LogP contribution in [-0.4, -0.2) is 34.8 Å². The quantitative estimate of drug-likeness (QED) is 0.354. The molecule has 0 aliphatic carbocycles. The van der Waals surface area contributed by atoms with Gasteiger partial charge in [-0.05, 0) is 42.0 Å². The van der Waals surface area contributed by atoms with Crippen molar-refractivity contribution in [3.8, 4) is 27.4 Å². The minimum Gasteiger partial charge on any atom is -0.484 e. The second-order valence-electron chi connectivity index (χ2n) is 7.45. The summed E-state index contributed by atoms with van der Waals surface area (Å²) in [5.41, 5.74) is 3.34. The average molecular weight is 499 g/mol. The van der Waals surface area contributed by atoms with E-state index in [1.807, 2.05) is 18.2 Å². The third-order valence-electron chi connectivity index (χ3n) is 5.10. The van der Waals surface area contributed by atoms with E-state index in [0.29, 0.717) is 21.8 Å². The Morgan fingerprint density at radius 3 is 2.68 bits per heavy atom. The van der Waals surface area contributed by atoms with E-state index in [1.165, 1.54) is 18.6 Å². The number of rotatable bonds is 6. The van der Waals surface area contributed by atoms with Crippen LogP contribution in [0.2, 0.25) is 0 Å². The first-order chi connectivity index (χ1) is 16.3. The number of aromatic amines is 1. The highest BCUT2D eigenvalue weighted by Gasteiger charge is 2.17. The van der Waals surface area contributed by atoms with E-state index in [-0.39, 0.29) is 16.6 Å². The van der Waals surface area contributed by atoms with Gasteiger partial charge >= 0.3 is 0 Å². The number of H-pyrrole nitrogens is 1. The van der Waals surface area contributed by atoms with Crippen molar-refractivity contribution in [2.24, 2.45) is 0 Å². The maximum atomic E-state index is 13.9. The van der Waals surface area contributed by atoms with Gasteiger partial charge in [0.05, 0.1) is 16.1 Å². The van der Waals surface area contributed by atoms with Gasteiger partial charge in [-0.25, -0.2) is 27.2 Å². The fraction of sp³-hybridized carbons (Fsp3) is 0.0870. The summed E-state index contributed by atoms with van der Waals surface area (Å²) in [5, 5.41) is 7.73. The molecule has 0 atom stereocenters. The van der Waals surface area contributed by atoms with Crippen LogP contribution < -0.4 is 4.74 Å². The number of benzene rings is 2. The van der Waals surface area contributed by atoms with Gasteiger partial charge in [-0.1, -0.05) is 6.07 Å². The van der Waals surface area contributed by atoms with Gasteiger partial charge in [-0.2, -0.15) is 5.10 Å². The van der Waals surface area contributed by atoms with Gasteiger partial charge in [0.2, 0.25) is 0 Å². The molecular formula is C23H16F2N4O3S2. The van der Waals surface area contributed by atoms with Gasteiger partial charge < -0.3 is 4.74 Å². The predicted octanol–water partition coefficient (Wildman–Crippen LogP) is 5.01. The summed E-state index contributed by atoms with van der Waals surface area (Å²) < 4.78 is 56.6. The summed E-state index contributed by atoms with van der Waals surface area (Å²) in [4.78, 5) is 9.41. The lowest BCUT2D eigenvalue weighted by molar-refractivity contribution is 0.285. The van der Waals surface area contributed by atoms with E-state index in [2.05, 4.69) is 20.2 Å². The molecule has 0 radical (unpaired) electrons. The van der Waals surface area contributed by atoms with Crippen molar-refractivity contribution in [2.45, 2.75) is 10.8 Å². The van der Waals surface area contributed by atoms with Crippen LogP contribution in [0.5, 0.6) is 5.75 Å². The highest BCUT2D eigenvalue weighted by molar-refractivity contribution is 7.92. The molecule has 11 heteroatoms. The molecule has 5 rings (SSSR count). The van der Waals surface area contributed by atoms with Gasteiger partial charge in [0.1, 0.15) is 28.7 Å². The average Bonchev–Trinajstić information content (AvgIpc) is 3.48. The molecule has 0 unspecified atom stereocenters. The van der Waals surface area contributed by atoms with Gasteiger partial charge in [0.15, 0.2) is 21.4 Å². The second-order valence-corrected chi connectivity index (χ2v) is 10.8. The summed E-state index contributed by atoms with van der Waals surface area (Å²) in [6.45, 7) is -0.0415. The third-order valence-corrected chi connectivity index (χ3v) is 8.02. The summed E-state index contributed by atoms with van der Waals surface area (Å²) >= 11 is 1.14. The number of hydrogen-bond donors (Lipinski definition) is 1. The molecule has 3 heterocycles. The molecule has 2 aromatic carbocycles. The van der Waals surface area contributed by atoms with Crippen LogP contribution in [0.4, 0.5) is 8.78 Å². The molecule has 0 aliphatic heterocycles. The van der Waals surface area contributed by atoms with Crippen LogP contribution >= 0.6 is 11.3 Å². The van der Waals surface area contributed by atoms with Crippen LogP contribution in [0.25, 0.3) is 32.6 Å². The van der Waals surface area contributed by atoms with E-state index in [9.17, 15) is 17.2 Å². The summed E-state index contributed by atoms with van der Waals surface area (Å²) in [5.74, 6) is -1.56. The molecule has 34 heavy (non-hydrogen) atoms. The largest absolute Gasteiger partial charge is 0.484 e. The fourth-order valence-corrected chi connectivity index (χ4v) is 5.42. The number of aromatic nitrogens is 4. The zero-order valence-corrected chi connectivity index (χ0v) is 19.3. The Labute approximate surface area is 197 Å². The molecule has 7 nitrogen and oxygen atoms in total. The molecule has 0 amide bonds. The third kappa shape index (κ3) is 4.27. The second kappa shape index (κ2) is 8.58. The zero-order valence-electron chi connectivity index (χ0n) is 17.6. The van der Waals surface area contributed by atoms with Gasteiger partial charge in [0, 0.05) is 29.5 Å². The molecule has 0 bridgehead atoms. The van der Waals surface area contributed by atoms with Crippen LogP contribution in [0.15, 0.2) is 65.3 Å². The van der Waals surface area contributed by atoms with Crippen molar-refractivity contribution in [3.63, 3.8) is 0 Å². The fourth-order valence-electron chi connectivity index (χ4n) is 3.48. The van der Waals surface area contributed by atoms with Crippen molar-refractivity contribution < 1.29 is 21.9 Å². The maximum Gasteiger partial charge on any atom is 0.184 e. The molecule has 1 N–H and O–H groups in total. The summed E-state index contributed by atoms with van der Waals surface area (Å²) in [7, 11) is -3.33. The lowest BCUT2D eigenvalue weighted by Gasteiger charge is -2.09. The van der Waals surface area contributed by atoms with E-state index in [0.717, 1.165) is 40.0 Å². The highest BCUT2D eigenvalue weighted by atomic mass is 32.2. The minimum absolute atomic E-state index is 0.0415. The Bertz CT molecular complexity index is 1630. The molecule has 0 saturated heterocycles. The van der Waals surface area contributed by atoms with E-state index >= 15 is 0 Å². The smallest absolute Gasteiger partial charge is 0.184 e. The molecular weight excluding hydrogens is 482 g/mol. The van der Waals surface area contributed by atoms with Crippen molar-refractivity contribution >= 4 is 32.1 Å². The van der Waals surface area contributed by atoms with Gasteiger partial charge in [-0.15, -0.1) is 11.3 Å². The minimum atomic E-state index is -3.33. The summed E-state index contributed by atoms with van der Waals surface area (Å²) in [6, 6.07) is 12.0. The van der Waals surface area contributed by atoms with Gasteiger partial charge in [0.25, 0.3) is 0 Å². The Kier molecular flexibility index (Phi) is 5.58. The first kappa shape index (κ1) is 22.1. The molecule has 0 fully saturated rings. The Hall–Kier alpha value is -3.70. The van der Waals surface area contributed by atoms with Crippen molar-refractivity contribution in [1.29, 1.82) is 0 Å². The van der Waals surface area contributed by atoms with Crippen molar-refractivity contribution in [2.75, 3.05) is 6.26 Å². The van der Waals surface area contributed by atoms with Crippen molar-refractivity contribution in [3.05, 3.63) is 78.4 Å².